The number of benzene rings is 2. The highest BCUT2D eigenvalue weighted by atomic mass is 16.3. The molecule has 0 aliphatic heterocycles. The van der Waals surface area contributed by atoms with Gasteiger partial charge < -0.3 is 9.67 Å². The Hall–Kier alpha value is -2.13. The van der Waals surface area contributed by atoms with Crippen LogP contribution < -0.4 is 0 Å². The van der Waals surface area contributed by atoms with E-state index in [1.54, 1.807) is 0 Å². The lowest BCUT2D eigenvalue weighted by molar-refractivity contribution is 0.175. The lowest BCUT2D eigenvalue weighted by atomic mass is 10.0. The van der Waals surface area contributed by atoms with E-state index in [1.807, 2.05) is 43.4 Å². The fourth-order valence-electron chi connectivity index (χ4n) is 2.64. The van der Waals surface area contributed by atoms with Crippen molar-refractivity contribution in [1.82, 2.24) is 9.55 Å². The van der Waals surface area contributed by atoms with Gasteiger partial charge in [-0.1, -0.05) is 43.3 Å². The van der Waals surface area contributed by atoms with Crippen LogP contribution in [0.25, 0.3) is 11.0 Å². The maximum Gasteiger partial charge on any atom is 0.112 e. The first kappa shape index (κ1) is 13.8. The summed E-state index contributed by atoms with van der Waals surface area (Å²) < 4.78 is 2.05. The normalized spacial score (nSPS) is 12.7. The minimum absolute atomic E-state index is 0.522. The van der Waals surface area contributed by atoms with Gasteiger partial charge in [-0.25, -0.2) is 4.98 Å². The summed E-state index contributed by atoms with van der Waals surface area (Å²) in [6.45, 7) is 2.13. The van der Waals surface area contributed by atoms with Crippen molar-refractivity contribution in [2.45, 2.75) is 25.9 Å². The zero-order chi connectivity index (χ0) is 14.8. The minimum atomic E-state index is -0.522. The van der Waals surface area contributed by atoms with Gasteiger partial charge in [0.25, 0.3) is 0 Å². The van der Waals surface area contributed by atoms with E-state index < -0.39 is 6.10 Å². The van der Waals surface area contributed by atoms with Gasteiger partial charge in [-0.05, 0) is 29.7 Å². The lowest BCUT2D eigenvalue weighted by Gasteiger charge is -2.11. The summed E-state index contributed by atoms with van der Waals surface area (Å²) in [6.07, 6.45) is 1.02. The van der Waals surface area contributed by atoms with Gasteiger partial charge in [-0.3, -0.25) is 0 Å². The Kier molecular flexibility index (Phi) is 3.76. The van der Waals surface area contributed by atoms with Gasteiger partial charge in [0, 0.05) is 13.5 Å². The second-order valence-electron chi connectivity index (χ2n) is 5.39. The maximum atomic E-state index is 10.4. The standard InChI is InChI=1S/C18H20N2O/c1-3-13-8-10-14(11-9-13)17(21)12-18-19-15-6-4-5-7-16(15)20(18)2/h4-11,17,21H,3,12H2,1-2H3. The maximum absolute atomic E-state index is 10.4. The Labute approximate surface area is 124 Å². The predicted molar refractivity (Wildman–Crippen MR) is 85.2 cm³/mol. The van der Waals surface area contributed by atoms with Crippen LogP contribution in [0.1, 0.15) is 30.0 Å². The number of fused-ring (bicyclic) bond motifs is 1. The smallest absolute Gasteiger partial charge is 0.112 e. The highest BCUT2D eigenvalue weighted by molar-refractivity contribution is 5.75. The van der Waals surface area contributed by atoms with E-state index in [0.717, 1.165) is 28.8 Å². The van der Waals surface area contributed by atoms with E-state index in [0.29, 0.717) is 6.42 Å². The predicted octanol–water partition coefficient (Wildman–Crippen LogP) is 3.41. The van der Waals surface area contributed by atoms with Crippen molar-refractivity contribution in [3.8, 4) is 0 Å². The molecular formula is C18H20N2O. The zero-order valence-electron chi connectivity index (χ0n) is 12.5. The lowest BCUT2D eigenvalue weighted by Crippen LogP contribution is -2.07. The number of hydrogen-bond donors (Lipinski definition) is 1. The number of aliphatic hydroxyl groups excluding tert-OH is 1. The van der Waals surface area contributed by atoms with Gasteiger partial charge in [-0.2, -0.15) is 0 Å². The summed E-state index contributed by atoms with van der Waals surface area (Å²) in [4.78, 5) is 4.61. The molecule has 1 N–H and O–H groups in total. The molecule has 0 aliphatic rings. The van der Waals surface area contributed by atoms with Gasteiger partial charge in [0.2, 0.25) is 0 Å². The van der Waals surface area contributed by atoms with Gasteiger partial charge in [0.15, 0.2) is 0 Å². The number of nitrogens with zero attached hydrogens (tertiary/aromatic N) is 2. The molecule has 1 unspecified atom stereocenters. The van der Waals surface area contributed by atoms with Gasteiger partial charge in [0.1, 0.15) is 5.82 Å². The molecule has 0 aliphatic carbocycles. The molecule has 3 rings (SSSR count). The van der Waals surface area contributed by atoms with Crippen molar-refractivity contribution in [3.63, 3.8) is 0 Å². The van der Waals surface area contributed by atoms with E-state index in [-0.39, 0.29) is 0 Å². The molecule has 0 spiro atoms. The molecule has 1 heterocycles. The van der Waals surface area contributed by atoms with Crippen LogP contribution in [-0.2, 0) is 19.9 Å². The van der Waals surface area contributed by atoms with E-state index in [2.05, 4.69) is 28.6 Å². The Bertz CT molecular complexity index is 744. The Morgan fingerprint density at radius 1 is 1.10 bits per heavy atom. The number of imidazole rings is 1. The summed E-state index contributed by atoms with van der Waals surface area (Å²) in [5.74, 6) is 0.906. The third-order valence-electron chi connectivity index (χ3n) is 4.03. The van der Waals surface area contributed by atoms with Crippen molar-refractivity contribution < 1.29 is 5.11 Å². The first-order valence-electron chi connectivity index (χ1n) is 7.36. The number of aryl methyl sites for hydroxylation is 2. The van der Waals surface area contributed by atoms with Crippen molar-refractivity contribution >= 4 is 11.0 Å². The minimum Gasteiger partial charge on any atom is -0.388 e. The molecule has 108 valence electrons. The van der Waals surface area contributed by atoms with Crippen LogP contribution in [0.5, 0.6) is 0 Å². The summed E-state index contributed by atoms with van der Waals surface area (Å²) in [6, 6.07) is 16.2. The van der Waals surface area contributed by atoms with E-state index in [4.69, 9.17) is 0 Å². The molecule has 3 heteroatoms. The Morgan fingerprint density at radius 2 is 1.81 bits per heavy atom. The molecule has 2 aromatic carbocycles. The van der Waals surface area contributed by atoms with Crippen LogP contribution in [0, 0.1) is 0 Å². The molecule has 0 saturated heterocycles. The van der Waals surface area contributed by atoms with Crippen molar-refractivity contribution in [1.29, 1.82) is 0 Å². The van der Waals surface area contributed by atoms with Crippen LogP contribution in [-0.4, -0.2) is 14.7 Å². The van der Waals surface area contributed by atoms with E-state index in [9.17, 15) is 5.11 Å². The fourth-order valence-corrected chi connectivity index (χ4v) is 2.64. The highest BCUT2D eigenvalue weighted by Crippen LogP contribution is 2.21. The first-order chi connectivity index (χ1) is 10.2. The number of aliphatic hydroxyl groups is 1. The van der Waals surface area contributed by atoms with Gasteiger partial charge >= 0.3 is 0 Å². The molecule has 3 nitrogen and oxygen atoms in total. The van der Waals surface area contributed by atoms with Crippen LogP contribution >= 0.6 is 0 Å². The summed E-state index contributed by atoms with van der Waals surface area (Å²) in [7, 11) is 2.00. The molecule has 21 heavy (non-hydrogen) atoms. The van der Waals surface area contributed by atoms with E-state index in [1.165, 1.54) is 5.56 Å². The van der Waals surface area contributed by atoms with Crippen molar-refractivity contribution in [3.05, 3.63) is 65.5 Å². The molecule has 1 aromatic heterocycles. The average molecular weight is 280 g/mol. The van der Waals surface area contributed by atoms with Gasteiger partial charge in [-0.15, -0.1) is 0 Å². The number of rotatable bonds is 4. The second kappa shape index (κ2) is 5.70. The quantitative estimate of drug-likeness (QED) is 0.795. The molecule has 1 atom stereocenters. The Balaban J connectivity index is 1.85. The van der Waals surface area contributed by atoms with Gasteiger partial charge in [0.05, 0.1) is 17.1 Å². The van der Waals surface area contributed by atoms with Crippen LogP contribution in [0.15, 0.2) is 48.5 Å². The third-order valence-corrected chi connectivity index (χ3v) is 4.03. The van der Waals surface area contributed by atoms with Crippen LogP contribution in [0.2, 0.25) is 0 Å². The molecule has 0 saturated carbocycles. The Morgan fingerprint density at radius 3 is 2.48 bits per heavy atom. The molecular weight excluding hydrogens is 260 g/mol. The first-order valence-corrected chi connectivity index (χ1v) is 7.36. The average Bonchev–Trinajstić information content (AvgIpc) is 2.84. The molecule has 0 fully saturated rings. The summed E-state index contributed by atoms with van der Waals surface area (Å²) in [5, 5.41) is 10.4. The highest BCUT2D eigenvalue weighted by Gasteiger charge is 2.14. The summed E-state index contributed by atoms with van der Waals surface area (Å²) in [5.41, 5.74) is 4.30. The summed E-state index contributed by atoms with van der Waals surface area (Å²) >= 11 is 0. The third kappa shape index (κ3) is 2.69. The second-order valence-corrected chi connectivity index (χ2v) is 5.39. The van der Waals surface area contributed by atoms with Crippen molar-refractivity contribution in [2.24, 2.45) is 7.05 Å². The number of para-hydroxylation sites is 2. The molecule has 0 radical (unpaired) electrons. The number of aromatic nitrogens is 2. The van der Waals surface area contributed by atoms with Crippen LogP contribution in [0.3, 0.4) is 0 Å². The topological polar surface area (TPSA) is 38.1 Å². The monoisotopic (exact) mass is 280 g/mol. The molecule has 0 bridgehead atoms. The zero-order valence-corrected chi connectivity index (χ0v) is 12.5. The fraction of sp³-hybridized carbons (Fsp3) is 0.278. The van der Waals surface area contributed by atoms with Crippen LogP contribution in [0.4, 0.5) is 0 Å². The number of hydrogen-bond acceptors (Lipinski definition) is 2. The molecule has 0 amide bonds. The van der Waals surface area contributed by atoms with Crippen molar-refractivity contribution in [2.75, 3.05) is 0 Å². The van der Waals surface area contributed by atoms with E-state index >= 15 is 0 Å². The SMILES string of the molecule is CCc1ccc(C(O)Cc2nc3ccccc3n2C)cc1. The largest absolute Gasteiger partial charge is 0.388 e. The molecule has 3 aromatic rings.